The van der Waals surface area contributed by atoms with Crippen LogP contribution in [-0.4, -0.2) is 67.1 Å². The lowest BCUT2D eigenvalue weighted by molar-refractivity contribution is 0.182. The number of guanidine groups is 1. The molecule has 2 heterocycles. The largest absolute Gasteiger partial charge is 0.383 e. The van der Waals surface area contributed by atoms with Gasteiger partial charge in [-0.3, -0.25) is 4.68 Å². The van der Waals surface area contributed by atoms with Crippen LogP contribution in [0.15, 0.2) is 29.3 Å². The Bertz CT molecular complexity index is 857. The van der Waals surface area contributed by atoms with Crippen molar-refractivity contribution in [1.82, 2.24) is 20.0 Å². The van der Waals surface area contributed by atoms with Gasteiger partial charge in [0.1, 0.15) is 0 Å². The van der Waals surface area contributed by atoms with E-state index in [2.05, 4.69) is 47.1 Å². The summed E-state index contributed by atoms with van der Waals surface area (Å²) in [4.78, 5) is 9.65. The van der Waals surface area contributed by atoms with Crippen LogP contribution in [0.2, 0.25) is 5.02 Å². The molecule has 0 unspecified atom stereocenters. The van der Waals surface area contributed by atoms with Gasteiger partial charge in [0.2, 0.25) is 0 Å². The number of aromatic nitrogens is 2. The van der Waals surface area contributed by atoms with Gasteiger partial charge in [-0.25, -0.2) is 4.99 Å². The number of nitrogens with zero attached hydrogens (tertiary/aromatic N) is 5. The van der Waals surface area contributed by atoms with Crippen molar-refractivity contribution in [3.63, 3.8) is 0 Å². The molecule has 1 N–H and O–H groups in total. The average molecular weight is 433 g/mol. The molecule has 0 bridgehead atoms. The Labute approximate surface area is 184 Å². The van der Waals surface area contributed by atoms with Gasteiger partial charge in [-0.2, -0.15) is 5.10 Å². The van der Waals surface area contributed by atoms with Crippen LogP contribution in [0.25, 0.3) is 0 Å². The zero-order chi connectivity index (χ0) is 21.5. The van der Waals surface area contributed by atoms with Crippen LogP contribution in [0.3, 0.4) is 0 Å². The van der Waals surface area contributed by atoms with E-state index >= 15 is 0 Å². The SMILES string of the molecule is CCNC(=NCc1c(C)nn(CCOC)c1C)N1CCN(c2cccc(Cl)c2)CC1. The highest BCUT2D eigenvalue weighted by molar-refractivity contribution is 6.30. The molecular formula is C22H33ClN6O. The number of halogens is 1. The molecule has 0 saturated carbocycles. The van der Waals surface area contributed by atoms with Gasteiger partial charge in [-0.15, -0.1) is 0 Å². The molecule has 2 aromatic rings. The van der Waals surface area contributed by atoms with Crippen molar-refractivity contribution in [2.75, 3.05) is 51.3 Å². The number of benzene rings is 1. The van der Waals surface area contributed by atoms with Crippen LogP contribution in [0.5, 0.6) is 0 Å². The number of nitrogens with one attached hydrogen (secondary N) is 1. The second kappa shape index (κ2) is 10.7. The van der Waals surface area contributed by atoms with Gasteiger partial charge >= 0.3 is 0 Å². The molecule has 1 saturated heterocycles. The first-order valence-electron chi connectivity index (χ1n) is 10.6. The maximum absolute atomic E-state index is 6.16. The number of piperazine rings is 1. The second-order valence-electron chi connectivity index (χ2n) is 7.49. The molecule has 8 heteroatoms. The number of anilines is 1. The minimum atomic E-state index is 0.626. The Morgan fingerprint density at radius 2 is 2.00 bits per heavy atom. The van der Waals surface area contributed by atoms with Gasteiger partial charge in [-0.05, 0) is 39.0 Å². The first kappa shape index (κ1) is 22.4. The molecule has 3 rings (SSSR count). The summed E-state index contributed by atoms with van der Waals surface area (Å²) in [6.07, 6.45) is 0. The number of aryl methyl sites for hydroxylation is 1. The zero-order valence-electron chi connectivity index (χ0n) is 18.5. The summed E-state index contributed by atoms with van der Waals surface area (Å²) in [5, 5.41) is 8.89. The Kier molecular flexibility index (Phi) is 7.99. The van der Waals surface area contributed by atoms with Crippen molar-refractivity contribution >= 4 is 23.2 Å². The van der Waals surface area contributed by atoms with Crippen molar-refractivity contribution in [2.24, 2.45) is 4.99 Å². The fourth-order valence-corrected chi connectivity index (χ4v) is 3.97. The monoisotopic (exact) mass is 432 g/mol. The van der Waals surface area contributed by atoms with E-state index in [-0.39, 0.29) is 0 Å². The number of ether oxygens (including phenoxy) is 1. The van der Waals surface area contributed by atoms with E-state index in [4.69, 9.17) is 21.3 Å². The van der Waals surface area contributed by atoms with E-state index in [1.54, 1.807) is 7.11 Å². The Morgan fingerprint density at radius 1 is 1.23 bits per heavy atom. The van der Waals surface area contributed by atoms with Gasteiger partial charge < -0.3 is 19.9 Å². The molecule has 0 spiro atoms. The lowest BCUT2D eigenvalue weighted by Crippen LogP contribution is -2.52. The predicted octanol–water partition coefficient (Wildman–Crippen LogP) is 3.09. The molecule has 164 valence electrons. The summed E-state index contributed by atoms with van der Waals surface area (Å²) in [5.74, 6) is 0.965. The molecule has 1 aromatic heterocycles. The molecular weight excluding hydrogens is 400 g/mol. The highest BCUT2D eigenvalue weighted by atomic mass is 35.5. The van der Waals surface area contributed by atoms with Crippen molar-refractivity contribution in [3.8, 4) is 0 Å². The van der Waals surface area contributed by atoms with Crippen LogP contribution in [0.4, 0.5) is 5.69 Å². The molecule has 30 heavy (non-hydrogen) atoms. The summed E-state index contributed by atoms with van der Waals surface area (Å²) in [6, 6.07) is 8.07. The minimum absolute atomic E-state index is 0.626. The standard InChI is InChI=1S/C22H33ClN6O/c1-5-24-22(25-16-21-17(2)26-29(18(21)3)13-14-30-4)28-11-9-27(10-12-28)20-8-6-7-19(23)15-20/h6-8,15H,5,9-14,16H2,1-4H3,(H,24,25). The maximum Gasteiger partial charge on any atom is 0.194 e. The van der Waals surface area contributed by atoms with E-state index in [9.17, 15) is 0 Å². The van der Waals surface area contributed by atoms with E-state index in [1.807, 2.05) is 22.9 Å². The fraction of sp³-hybridized carbons (Fsp3) is 0.545. The molecule has 7 nitrogen and oxygen atoms in total. The summed E-state index contributed by atoms with van der Waals surface area (Å²) in [5.41, 5.74) is 4.57. The van der Waals surface area contributed by atoms with Crippen molar-refractivity contribution in [3.05, 3.63) is 46.2 Å². The molecule has 1 fully saturated rings. The lowest BCUT2D eigenvalue weighted by Gasteiger charge is -2.37. The van der Waals surface area contributed by atoms with Crippen molar-refractivity contribution < 1.29 is 4.74 Å². The Morgan fingerprint density at radius 3 is 2.67 bits per heavy atom. The van der Waals surface area contributed by atoms with Crippen LogP contribution in [0, 0.1) is 13.8 Å². The van der Waals surface area contributed by atoms with Crippen LogP contribution in [-0.2, 0) is 17.8 Å². The van der Waals surface area contributed by atoms with Crippen LogP contribution in [0.1, 0.15) is 23.9 Å². The second-order valence-corrected chi connectivity index (χ2v) is 7.93. The number of methoxy groups -OCH3 is 1. The first-order chi connectivity index (χ1) is 14.5. The first-order valence-corrected chi connectivity index (χ1v) is 11.0. The summed E-state index contributed by atoms with van der Waals surface area (Å²) in [6.45, 7) is 12.9. The third-order valence-corrected chi connectivity index (χ3v) is 5.75. The molecule has 0 amide bonds. The van der Waals surface area contributed by atoms with Gasteiger partial charge in [0, 0.05) is 61.8 Å². The molecule has 0 radical (unpaired) electrons. The van der Waals surface area contributed by atoms with Gasteiger partial charge in [-0.1, -0.05) is 17.7 Å². The highest BCUT2D eigenvalue weighted by Crippen LogP contribution is 2.21. The summed E-state index contributed by atoms with van der Waals surface area (Å²) < 4.78 is 7.20. The highest BCUT2D eigenvalue weighted by Gasteiger charge is 2.20. The molecule has 1 aliphatic rings. The van der Waals surface area contributed by atoms with Gasteiger partial charge in [0.05, 0.1) is 25.4 Å². The van der Waals surface area contributed by atoms with Gasteiger partial charge in [0.15, 0.2) is 5.96 Å². The van der Waals surface area contributed by atoms with E-state index in [1.165, 1.54) is 11.3 Å². The topological polar surface area (TPSA) is 57.9 Å². The van der Waals surface area contributed by atoms with E-state index < -0.39 is 0 Å². The van der Waals surface area contributed by atoms with Gasteiger partial charge in [0.25, 0.3) is 0 Å². The zero-order valence-corrected chi connectivity index (χ0v) is 19.2. The molecule has 1 aliphatic heterocycles. The third kappa shape index (κ3) is 5.46. The average Bonchev–Trinajstić information content (AvgIpc) is 3.02. The minimum Gasteiger partial charge on any atom is -0.383 e. The number of rotatable bonds is 7. The third-order valence-electron chi connectivity index (χ3n) is 5.51. The normalized spacial score (nSPS) is 15.0. The quantitative estimate of drug-likeness (QED) is 0.538. The summed E-state index contributed by atoms with van der Waals surface area (Å²) in [7, 11) is 1.71. The Hall–Kier alpha value is -2.25. The number of hydrogen-bond acceptors (Lipinski definition) is 4. The lowest BCUT2D eigenvalue weighted by atomic mass is 10.2. The van der Waals surface area contributed by atoms with Crippen molar-refractivity contribution in [2.45, 2.75) is 33.9 Å². The molecule has 0 aliphatic carbocycles. The Balaban J connectivity index is 1.66. The van der Waals surface area contributed by atoms with E-state index in [0.717, 1.165) is 61.6 Å². The smallest absolute Gasteiger partial charge is 0.194 e. The van der Waals surface area contributed by atoms with Crippen molar-refractivity contribution in [1.29, 1.82) is 0 Å². The predicted molar refractivity (Wildman–Crippen MR) is 124 cm³/mol. The molecule has 0 atom stereocenters. The van der Waals surface area contributed by atoms with Crippen LogP contribution >= 0.6 is 11.6 Å². The number of aliphatic imine (C=N–C) groups is 1. The van der Waals surface area contributed by atoms with E-state index in [0.29, 0.717) is 13.2 Å². The maximum atomic E-state index is 6.16. The molecule has 1 aromatic carbocycles. The van der Waals surface area contributed by atoms with Crippen LogP contribution < -0.4 is 10.2 Å². The number of hydrogen-bond donors (Lipinski definition) is 1. The summed E-state index contributed by atoms with van der Waals surface area (Å²) >= 11 is 6.16. The fourth-order valence-electron chi connectivity index (χ4n) is 3.79.